The van der Waals surface area contributed by atoms with E-state index in [0.717, 1.165) is 0 Å². The third kappa shape index (κ3) is 9.83. The fourth-order valence-electron chi connectivity index (χ4n) is 5.00. The molecule has 6 rings (SSSR count). The van der Waals surface area contributed by atoms with Gasteiger partial charge in [-0.2, -0.15) is 35.4 Å². The van der Waals surface area contributed by atoms with Crippen molar-refractivity contribution in [2.45, 2.75) is 19.8 Å². The predicted molar refractivity (Wildman–Crippen MR) is 187 cm³/mol. The number of anilines is 5. The van der Waals surface area contributed by atoms with E-state index in [1.54, 1.807) is 54.6 Å². The van der Waals surface area contributed by atoms with Gasteiger partial charge in [-0.25, -0.2) is 14.7 Å². The van der Waals surface area contributed by atoms with Crippen LogP contribution in [0.25, 0.3) is 0 Å². The van der Waals surface area contributed by atoms with Crippen molar-refractivity contribution in [2.75, 3.05) is 41.8 Å². The zero-order valence-corrected chi connectivity index (χ0v) is 27.5. The van der Waals surface area contributed by atoms with Gasteiger partial charge in [0.05, 0.1) is 36.0 Å². The SMILES string of the molecule is OOCc1cc(N=Nc2ccc(Nc3nc(Nc4ccc(N=Nc5ccc(COO)c(COO)c5)cc4)nc(N4CCOCC4)n3)cc2)ccc1O. The molecule has 0 radical (unpaired) electrons. The Morgan fingerprint density at radius 2 is 1.04 bits per heavy atom. The molecule has 0 saturated carbocycles. The molecule has 6 N–H and O–H groups in total. The highest BCUT2D eigenvalue weighted by atomic mass is 17.1. The fourth-order valence-corrected chi connectivity index (χ4v) is 5.00. The van der Waals surface area contributed by atoms with E-state index < -0.39 is 0 Å². The van der Waals surface area contributed by atoms with Gasteiger partial charge in [0, 0.05) is 30.0 Å². The van der Waals surface area contributed by atoms with Crippen LogP contribution in [0.15, 0.2) is 105 Å². The molecule has 268 valence electrons. The molecule has 1 aromatic heterocycles. The highest BCUT2D eigenvalue weighted by Crippen LogP contribution is 2.28. The molecule has 52 heavy (non-hydrogen) atoms. The van der Waals surface area contributed by atoms with Crippen molar-refractivity contribution < 1.29 is 40.3 Å². The minimum absolute atomic E-state index is 0.0182. The molecule has 0 spiro atoms. The number of azo groups is 2. The van der Waals surface area contributed by atoms with Crippen molar-refractivity contribution >= 4 is 52.0 Å². The maximum atomic E-state index is 9.86. The van der Waals surface area contributed by atoms with Gasteiger partial charge in [-0.15, -0.1) is 0 Å². The Hall–Kier alpha value is -5.99. The van der Waals surface area contributed by atoms with Gasteiger partial charge in [0.15, 0.2) is 0 Å². The molecule has 18 nitrogen and oxygen atoms in total. The Morgan fingerprint density at radius 1 is 0.577 bits per heavy atom. The van der Waals surface area contributed by atoms with Gasteiger partial charge in [-0.3, -0.25) is 15.8 Å². The zero-order valence-electron chi connectivity index (χ0n) is 27.5. The van der Waals surface area contributed by atoms with Gasteiger partial charge < -0.3 is 25.4 Å². The molecule has 4 aromatic carbocycles. The predicted octanol–water partition coefficient (Wildman–Crippen LogP) is 7.70. The molecule has 2 heterocycles. The van der Waals surface area contributed by atoms with E-state index in [2.05, 4.69) is 60.7 Å². The summed E-state index contributed by atoms with van der Waals surface area (Å²) in [6.07, 6.45) is 0. The number of rotatable bonds is 15. The minimum atomic E-state index is -0.178. The molecule has 18 heteroatoms. The van der Waals surface area contributed by atoms with Crippen LogP contribution in [0.5, 0.6) is 5.75 Å². The Morgan fingerprint density at radius 3 is 1.60 bits per heavy atom. The first-order valence-electron chi connectivity index (χ1n) is 15.9. The van der Waals surface area contributed by atoms with Crippen LogP contribution in [0.4, 0.5) is 52.0 Å². The number of aromatic hydroxyl groups is 1. The average Bonchev–Trinajstić information content (AvgIpc) is 3.17. The van der Waals surface area contributed by atoms with E-state index in [0.29, 0.717) is 95.0 Å². The number of ether oxygens (including phenoxy) is 1. The van der Waals surface area contributed by atoms with E-state index >= 15 is 0 Å². The summed E-state index contributed by atoms with van der Waals surface area (Å²) in [6, 6.07) is 24.1. The maximum absolute atomic E-state index is 9.86. The molecule has 0 unspecified atom stereocenters. The molecule has 5 aromatic rings. The first kappa shape index (κ1) is 35.8. The van der Waals surface area contributed by atoms with Gasteiger partial charge >= 0.3 is 0 Å². The third-order valence-corrected chi connectivity index (χ3v) is 7.64. The maximum Gasteiger partial charge on any atom is 0.233 e. The van der Waals surface area contributed by atoms with Crippen LogP contribution in [-0.2, 0) is 39.2 Å². The van der Waals surface area contributed by atoms with E-state index in [1.807, 2.05) is 29.2 Å². The first-order valence-corrected chi connectivity index (χ1v) is 15.9. The molecule has 0 bridgehead atoms. The van der Waals surface area contributed by atoms with Crippen molar-refractivity contribution in [2.24, 2.45) is 20.5 Å². The molecule has 0 aliphatic carbocycles. The molecular formula is C34H34N10O8. The number of nitrogens with one attached hydrogen (secondary N) is 2. The minimum Gasteiger partial charge on any atom is -0.508 e. The zero-order chi connectivity index (χ0) is 36.1. The smallest absolute Gasteiger partial charge is 0.233 e. The summed E-state index contributed by atoms with van der Waals surface area (Å²) in [7, 11) is 0. The lowest BCUT2D eigenvalue weighted by Gasteiger charge is -2.27. The van der Waals surface area contributed by atoms with Crippen LogP contribution in [-0.4, -0.2) is 62.1 Å². The van der Waals surface area contributed by atoms with Crippen LogP contribution >= 0.6 is 0 Å². The molecule has 1 fully saturated rings. The number of nitrogens with zero attached hydrogens (tertiary/aromatic N) is 8. The Kier molecular flexibility index (Phi) is 12.3. The summed E-state index contributed by atoms with van der Waals surface area (Å²) >= 11 is 0. The lowest BCUT2D eigenvalue weighted by molar-refractivity contribution is -0.258. The summed E-state index contributed by atoms with van der Waals surface area (Å²) in [4.78, 5) is 28.5. The quantitative estimate of drug-likeness (QED) is 0.0347. The van der Waals surface area contributed by atoms with Crippen LogP contribution in [0, 0.1) is 0 Å². The normalized spacial score (nSPS) is 13.2. The standard InChI is InChI=1S/C34H34N10O8/c45-31-12-11-30(18-24(31)21-52-48)43-41-28-9-5-26(6-10-28)36-33-37-32(38-34(39-33)44-13-15-49-16-14-44)35-25-3-7-27(8-4-25)40-42-29-2-1-22(19-50-46)23(17-29)20-51-47/h1-12,17-18,45-48H,13-16,19-21H2,(H2,35,36,37,38,39). The fraction of sp³-hybridized carbons (Fsp3) is 0.206. The summed E-state index contributed by atoms with van der Waals surface area (Å²) in [5.41, 5.74) is 5.19. The number of phenols is 1. The lowest BCUT2D eigenvalue weighted by Crippen LogP contribution is -2.37. The van der Waals surface area contributed by atoms with Crippen molar-refractivity contribution in [1.29, 1.82) is 0 Å². The Bertz CT molecular complexity index is 1990. The van der Waals surface area contributed by atoms with Crippen molar-refractivity contribution in [3.63, 3.8) is 0 Å². The number of benzene rings is 4. The molecule has 1 aliphatic rings. The molecular weight excluding hydrogens is 676 g/mol. The van der Waals surface area contributed by atoms with Crippen LogP contribution in [0.1, 0.15) is 16.7 Å². The van der Waals surface area contributed by atoms with Gasteiger partial charge in [0.2, 0.25) is 17.8 Å². The molecule has 1 saturated heterocycles. The lowest BCUT2D eigenvalue weighted by atomic mass is 10.1. The van der Waals surface area contributed by atoms with Gasteiger partial charge in [-0.1, -0.05) is 6.07 Å². The highest BCUT2D eigenvalue weighted by Gasteiger charge is 2.17. The summed E-state index contributed by atoms with van der Waals surface area (Å²) in [5.74, 6) is 1.12. The van der Waals surface area contributed by atoms with E-state index in [-0.39, 0.29) is 25.6 Å². The second-order valence-corrected chi connectivity index (χ2v) is 11.2. The number of hydrogen-bond donors (Lipinski definition) is 6. The van der Waals surface area contributed by atoms with Crippen molar-refractivity contribution in [3.05, 3.63) is 102 Å². The summed E-state index contributed by atoms with van der Waals surface area (Å²) in [5, 5.41) is 59.7. The number of hydrogen-bond acceptors (Lipinski definition) is 18. The van der Waals surface area contributed by atoms with Crippen molar-refractivity contribution in [3.8, 4) is 5.75 Å². The van der Waals surface area contributed by atoms with Crippen molar-refractivity contribution in [1.82, 2.24) is 15.0 Å². The highest BCUT2D eigenvalue weighted by molar-refractivity contribution is 5.62. The molecule has 1 aliphatic heterocycles. The van der Waals surface area contributed by atoms with Crippen LogP contribution < -0.4 is 15.5 Å². The third-order valence-electron chi connectivity index (χ3n) is 7.64. The van der Waals surface area contributed by atoms with Crippen LogP contribution in [0.2, 0.25) is 0 Å². The van der Waals surface area contributed by atoms with Gasteiger partial charge in [-0.05, 0) is 90.0 Å². The monoisotopic (exact) mass is 710 g/mol. The van der Waals surface area contributed by atoms with Crippen LogP contribution in [0.3, 0.4) is 0 Å². The number of aromatic nitrogens is 3. The summed E-state index contributed by atoms with van der Waals surface area (Å²) < 4.78 is 5.51. The second kappa shape index (κ2) is 17.8. The van der Waals surface area contributed by atoms with E-state index in [4.69, 9.17) is 20.5 Å². The Balaban J connectivity index is 1.15. The van der Waals surface area contributed by atoms with E-state index in [9.17, 15) is 5.11 Å². The van der Waals surface area contributed by atoms with E-state index in [1.165, 1.54) is 6.07 Å². The second-order valence-electron chi connectivity index (χ2n) is 11.2. The largest absolute Gasteiger partial charge is 0.508 e. The topological polar surface area (TPSA) is 233 Å². The summed E-state index contributed by atoms with van der Waals surface area (Å²) in [6.45, 7) is 2.03. The molecule has 0 amide bonds. The number of morpholine rings is 1. The first-order chi connectivity index (χ1) is 25.5. The number of phenolic OH excluding ortho intramolecular Hbond substituents is 1. The van der Waals surface area contributed by atoms with Gasteiger partial charge in [0.1, 0.15) is 25.6 Å². The average molecular weight is 711 g/mol. The Labute approximate surface area is 296 Å². The van der Waals surface area contributed by atoms with Gasteiger partial charge in [0.25, 0.3) is 0 Å². The molecule has 0 atom stereocenters.